The van der Waals surface area contributed by atoms with Crippen molar-refractivity contribution in [3.8, 4) is 0 Å². The Kier molecular flexibility index (Phi) is 65.1. The molecule has 0 aromatic carbocycles. The lowest BCUT2D eigenvalue weighted by molar-refractivity contribution is -0.379. The normalized spacial score (nSPS) is 25.4. The number of ether oxygens (including phenoxy) is 6. The molecule has 0 radical (unpaired) electrons. The smallest absolute Gasteiger partial charge is 0.220 e. The van der Waals surface area contributed by atoms with Gasteiger partial charge in [-0.1, -0.05) is 405 Å². The molecular formula is C89H171NO18. The monoisotopic (exact) mass is 1540 g/mol. The highest BCUT2D eigenvalue weighted by molar-refractivity contribution is 5.76. The standard InChI is InChI=1S/C89H171NO18/c1-3-5-7-9-11-13-15-17-19-21-23-25-27-28-29-30-31-32-33-34-35-36-37-38-39-40-41-42-43-44-45-47-49-51-53-55-57-59-61-63-65-67-77(95)90-72(73(94)66-64-62-60-58-56-54-52-50-48-46-26-24-22-20-18-16-14-12-10-8-6-4-2)71-103-87-83(101)80(98)85(75(69-92)105-87)108-89-84(102)81(99)86(76(70-93)106-89)107-88-82(100)79(97)78(96)74(68-91)104-88/h64,66,72-76,78-89,91-94,96-102H,3-63,65,67-71H2,1-2H3,(H,90,95)/b66-64+. The summed E-state index contributed by atoms with van der Waals surface area (Å²) in [5, 5.41) is 121. The fraction of sp³-hybridized carbons (Fsp3) is 0.966. The zero-order valence-corrected chi connectivity index (χ0v) is 69.1. The van der Waals surface area contributed by atoms with Crippen molar-refractivity contribution in [3.05, 3.63) is 12.2 Å². The molecule has 0 aliphatic carbocycles. The predicted molar refractivity (Wildman–Crippen MR) is 434 cm³/mol. The molecule has 3 aliphatic rings. The van der Waals surface area contributed by atoms with Crippen LogP contribution in [0.1, 0.15) is 418 Å². The van der Waals surface area contributed by atoms with Crippen LogP contribution in [-0.2, 0) is 33.2 Å². The molecule has 19 nitrogen and oxygen atoms in total. The fourth-order valence-electron chi connectivity index (χ4n) is 16.0. The number of allylic oxidation sites excluding steroid dienone is 1. The molecule has 0 spiro atoms. The molecule has 0 bridgehead atoms. The predicted octanol–water partition coefficient (Wildman–Crippen LogP) is 17.5. The van der Waals surface area contributed by atoms with Crippen LogP contribution in [0.15, 0.2) is 12.2 Å². The molecule has 1 amide bonds. The first-order valence-electron chi connectivity index (χ1n) is 45.9. The van der Waals surface area contributed by atoms with Gasteiger partial charge in [0.15, 0.2) is 18.9 Å². The van der Waals surface area contributed by atoms with Gasteiger partial charge in [0.1, 0.15) is 73.2 Å². The number of nitrogens with one attached hydrogen (secondary N) is 1. The summed E-state index contributed by atoms with van der Waals surface area (Å²) in [4.78, 5) is 13.5. The first-order chi connectivity index (χ1) is 52.8. The molecule has 17 unspecified atom stereocenters. The van der Waals surface area contributed by atoms with Gasteiger partial charge < -0.3 is 89.9 Å². The minimum Gasteiger partial charge on any atom is -0.394 e. The van der Waals surface area contributed by atoms with E-state index in [4.69, 9.17) is 28.4 Å². The van der Waals surface area contributed by atoms with Crippen molar-refractivity contribution in [2.24, 2.45) is 0 Å². The zero-order valence-electron chi connectivity index (χ0n) is 69.1. The first-order valence-corrected chi connectivity index (χ1v) is 45.9. The molecule has 3 heterocycles. The number of carbonyl (C=O) groups excluding carboxylic acids is 1. The van der Waals surface area contributed by atoms with Crippen molar-refractivity contribution in [2.45, 2.75) is 523 Å². The van der Waals surface area contributed by atoms with Gasteiger partial charge in [-0.3, -0.25) is 4.79 Å². The van der Waals surface area contributed by atoms with E-state index in [1.807, 2.05) is 6.08 Å². The van der Waals surface area contributed by atoms with Crippen molar-refractivity contribution < 1.29 is 89.4 Å². The average Bonchev–Trinajstić information content (AvgIpc) is 0.779. The number of amides is 1. The number of hydrogen-bond donors (Lipinski definition) is 12. The highest BCUT2D eigenvalue weighted by atomic mass is 16.8. The number of aliphatic hydroxyl groups is 11. The Morgan fingerprint density at radius 1 is 0.324 bits per heavy atom. The van der Waals surface area contributed by atoms with E-state index >= 15 is 0 Å². The van der Waals surface area contributed by atoms with Crippen LogP contribution in [0, 0.1) is 0 Å². The molecule has 3 fully saturated rings. The molecule has 3 saturated heterocycles. The van der Waals surface area contributed by atoms with E-state index in [9.17, 15) is 61.0 Å². The first kappa shape index (κ1) is 101. The van der Waals surface area contributed by atoms with E-state index in [1.165, 1.54) is 347 Å². The number of rotatable bonds is 76. The van der Waals surface area contributed by atoms with Gasteiger partial charge >= 0.3 is 0 Å². The Morgan fingerprint density at radius 3 is 0.870 bits per heavy atom. The number of unbranched alkanes of at least 4 members (excludes halogenated alkanes) is 60. The Morgan fingerprint density at radius 2 is 0.574 bits per heavy atom. The minimum atomic E-state index is -1.98. The molecule has 640 valence electrons. The van der Waals surface area contributed by atoms with E-state index in [0.717, 1.165) is 44.9 Å². The molecule has 0 aromatic heterocycles. The number of hydrogen-bond acceptors (Lipinski definition) is 18. The van der Waals surface area contributed by atoms with E-state index < -0.39 is 124 Å². The van der Waals surface area contributed by atoms with Gasteiger partial charge in [-0.25, -0.2) is 0 Å². The highest BCUT2D eigenvalue weighted by Gasteiger charge is 2.54. The zero-order chi connectivity index (χ0) is 78.1. The van der Waals surface area contributed by atoms with Crippen LogP contribution in [-0.4, -0.2) is 193 Å². The van der Waals surface area contributed by atoms with Crippen LogP contribution >= 0.6 is 0 Å². The molecule has 0 saturated carbocycles. The maximum Gasteiger partial charge on any atom is 0.220 e. The molecule has 19 heteroatoms. The third-order valence-electron chi connectivity index (χ3n) is 23.3. The van der Waals surface area contributed by atoms with Crippen LogP contribution in [0.3, 0.4) is 0 Å². The third kappa shape index (κ3) is 48.2. The van der Waals surface area contributed by atoms with Gasteiger partial charge in [-0.15, -0.1) is 0 Å². The maximum atomic E-state index is 13.5. The lowest BCUT2D eigenvalue weighted by atomic mass is 9.96. The summed E-state index contributed by atoms with van der Waals surface area (Å²) >= 11 is 0. The van der Waals surface area contributed by atoms with E-state index in [1.54, 1.807) is 6.08 Å². The fourth-order valence-corrected chi connectivity index (χ4v) is 16.0. The summed E-state index contributed by atoms with van der Waals surface area (Å²) in [6, 6.07) is -0.971. The van der Waals surface area contributed by atoms with Crippen LogP contribution in [0.5, 0.6) is 0 Å². The van der Waals surface area contributed by atoms with E-state index in [2.05, 4.69) is 19.2 Å². The van der Waals surface area contributed by atoms with Crippen LogP contribution in [0.25, 0.3) is 0 Å². The molecule has 108 heavy (non-hydrogen) atoms. The molecule has 12 N–H and O–H groups in total. The quantitative estimate of drug-likeness (QED) is 0.0199. The minimum absolute atomic E-state index is 0.250. The summed E-state index contributed by atoms with van der Waals surface area (Å²) in [6.07, 6.45) is 59.6. The van der Waals surface area contributed by atoms with E-state index in [0.29, 0.717) is 6.42 Å². The van der Waals surface area contributed by atoms with E-state index in [-0.39, 0.29) is 18.9 Å². The van der Waals surface area contributed by atoms with Crippen molar-refractivity contribution in [1.82, 2.24) is 5.32 Å². The van der Waals surface area contributed by atoms with Gasteiger partial charge in [0.05, 0.1) is 38.6 Å². The summed E-state index contributed by atoms with van der Waals surface area (Å²) in [5.41, 5.74) is 0. The second kappa shape index (κ2) is 69.8. The Labute approximate surface area is 658 Å². The second-order valence-electron chi connectivity index (χ2n) is 33.1. The molecule has 3 aliphatic heterocycles. The topological polar surface area (TPSA) is 307 Å². The third-order valence-corrected chi connectivity index (χ3v) is 23.3. The summed E-state index contributed by atoms with van der Waals surface area (Å²) in [7, 11) is 0. The summed E-state index contributed by atoms with van der Waals surface area (Å²) in [6.45, 7) is 1.82. The summed E-state index contributed by atoms with van der Waals surface area (Å²) in [5.74, 6) is -0.265. The van der Waals surface area contributed by atoms with Gasteiger partial charge in [-0.2, -0.15) is 0 Å². The van der Waals surface area contributed by atoms with Gasteiger partial charge in [-0.05, 0) is 19.3 Å². The maximum absolute atomic E-state index is 13.5. The summed E-state index contributed by atoms with van der Waals surface area (Å²) < 4.78 is 34.5. The largest absolute Gasteiger partial charge is 0.394 e. The molecule has 0 aromatic rings. The molecule has 17 atom stereocenters. The molecule has 3 rings (SSSR count). The molecular weight excluding hydrogens is 1370 g/mol. The Bertz CT molecular complexity index is 1990. The number of carbonyl (C=O) groups is 1. The SMILES string of the molecule is CCCCCCCCCCCCCCCCCCCCCC/C=C/C(O)C(COC1OC(CO)C(OC2OC(CO)C(OC3OC(CO)C(O)C(O)C3O)C(O)C2O)C(O)C1O)NC(=O)CCCCCCCCCCCCCCCCCCCCCCCCCCCCCCCCCCCCCCCCCCC. The van der Waals surface area contributed by atoms with Crippen molar-refractivity contribution in [2.75, 3.05) is 26.4 Å². The van der Waals surface area contributed by atoms with Crippen molar-refractivity contribution >= 4 is 5.91 Å². The van der Waals surface area contributed by atoms with Gasteiger partial charge in [0.2, 0.25) is 5.91 Å². The Hall–Kier alpha value is -1.47. The highest BCUT2D eigenvalue weighted by Crippen LogP contribution is 2.34. The van der Waals surface area contributed by atoms with Crippen LogP contribution in [0.2, 0.25) is 0 Å². The van der Waals surface area contributed by atoms with Crippen LogP contribution < -0.4 is 5.32 Å². The Balaban J connectivity index is 1.28. The number of aliphatic hydroxyl groups excluding tert-OH is 11. The van der Waals surface area contributed by atoms with Gasteiger partial charge in [0.25, 0.3) is 0 Å². The van der Waals surface area contributed by atoms with Gasteiger partial charge in [0, 0.05) is 6.42 Å². The van der Waals surface area contributed by atoms with Crippen molar-refractivity contribution in [3.63, 3.8) is 0 Å². The van der Waals surface area contributed by atoms with Crippen molar-refractivity contribution in [1.29, 1.82) is 0 Å². The average molecular weight is 1540 g/mol. The lowest BCUT2D eigenvalue weighted by Crippen LogP contribution is -2.66. The lowest BCUT2D eigenvalue weighted by Gasteiger charge is -2.48. The second-order valence-corrected chi connectivity index (χ2v) is 33.1. The van der Waals surface area contributed by atoms with Crippen LogP contribution in [0.4, 0.5) is 0 Å².